The van der Waals surface area contributed by atoms with Crippen molar-refractivity contribution in [2.45, 2.75) is 38.1 Å². The molecule has 4 rings (SSSR count). The standard InChI is InChI=1S/C23H27Cl3N2/c24-18-5-8-20(9-6-18)28-16-17(15-27-12-2-1-3-13-27)4-11-23(28)21-10-7-19(25)14-22(21)26/h5-10,14,17,23H,1-4,11-13,15-16H2/t17-,23-/m0/s1. The molecule has 0 radical (unpaired) electrons. The first-order valence-electron chi connectivity index (χ1n) is 10.3. The second-order valence-electron chi connectivity index (χ2n) is 8.12. The Kier molecular flexibility index (Phi) is 6.73. The summed E-state index contributed by atoms with van der Waals surface area (Å²) >= 11 is 18.9. The molecule has 0 amide bonds. The first kappa shape index (κ1) is 20.3. The highest BCUT2D eigenvalue weighted by Crippen LogP contribution is 2.40. The van der Waals surface area contributed by atoms with Crippen LogP contribution in [0.2, 0.25) is 15.1 Å². The number of likely N-dealkylation sites (tertiary alicyclic amines) is 1. The topological polar surface area (TPSA) is 6.48 Å². The van der Waals surface area contributed by atoms with E-state index in [1.54, 1.807) is 0 Å². The van der Waals surface area contributed by atoms with Crippen molar-refractivity contribution in [3.8, 4) is 0 Å². The van der Waals surface area contributed by atoms with Gasteiger partial charge in [0.05, 0.1) is 6.04 Å². The van der Waals surface area contributed by atoms with Gasteiger partial charge in [-0.3, -0.25) is 0 Å². The fourth-order valence-corrected chi connectivity index (χ4v) is 5.38. The Morgan fingerprint density at radius 2 is 1.54 bits per heavy atom. The van der Waals surface area contributed by atoms with E-state index in [4.69, 9.17) is 34.8 Å². The van der Waals surface area contributed by atoms with Gasteiger partial charge in [-0.2, -0.15) is 0 Å². The zero-order valence-electron chi connectivity index (χ0n) is 16.1. The zero-order valence-corrected chi connectivity index (χ0v) is 18.4. The van der Waals surface area contributed by atoms with Crippen molar-refractivity contribution in [1.29, 1.82) is 0 Å². The Bertz CT molecular complexity index is 787. The van der Waals surface area contributed by atoms with Gasteiger partial charge in [-0.1, -0.05) is 47.3 Å². The van der Waals surface area contributed by atoms with Crippen molar-refractivity contribution >= 4 is 40.5 Å². The van der Waals surface area contributed by atoms with E-state index >= 15 is 0 Å². The number of hydrogen-bond donors (Lipinski definition) is 0. The highest BCUT2D eigenvalue weighted by molar-refractivity contribution is 6.35. The number of benzene rings is 2. The molecular formula is C23H27Cl3N2. The van der Waals surface area contributed by atoms with Crippen LogP contribution in [0.4, 0.5) is 5.69 Å². The molecule has 2 aliphatic heterocycles. The van der Waals surface area contributed by atoms with Crippen molar-refractivity contribution in [3.63, 3.8) is 0 Å². The highest BCUT2D eigenvalue weighted by atomic mass is 35.5. The molecule has 2 atom stereocenters. The lowest BCUT2D eigenvalue weighted by atomic mass is 9.87. The third kappa shape index (κ3) is 4.79. The summed E-state index contributed by atoms with van der Waals surface area (Å²) in [6, 6.07) is 14.4. The molecule has 2 heterocycles. The van der Waals surface area contributed by atoms with Crippen molar-refractivity contribution in [2.24, 2.45) is 5.92 Å². The van der Waals surface area contributed by atoms with Crippen LogP contribution in [-0.2, 0) is 0 Å². The molecule has 2 aliphatic rings. The van der Waals surface area contributed by atoms with Gasteiger partial charge in [-0.15, -0.1) is 0 Å². The minimum atomic E-state index is 0.267. The lowest BCUT2D eigenvalue weighted by Crippen LogP contribution is -2.44. The van der Waals surface area contributed by atoms with Crippen molar-refractivity contribution in [1.82, 2.24) is 4.90 Å². The molecule has 0 unspecified atom stereocenters. The number of halogens is 3. The van der Waals surface area contributed by atoms with Gasteiger partial charge < -0.3 is 9.80 Å². The van der Waals surface area contributed by atoms with Crippen LogP contribution < -0.4 is 4.90 Å². The monoisotopic (exact) mass is 436 g/mol. The Morgan fingerprint density at radius 3 is 2.25 bits per heavy atom. The Morgan fingerprint density at radius 1 is 0.821 bits per heavy atom. The number of anilines is 1. The van der Waals surface area contributed by atoms with E-state index in [9.17, 15) is 0 Å². The van der Waals surface area contributed by atoms with Crippen molar-refractivity contribution in [2.75, 3.05) is 31.1 Å². The van der Waals surface area contributed by atoms with Crippen LogP contribution in [0.5, 0.6) is 0 Å². The summed E-state index contributed by atoms with van der Waals surface area (Å²) in [6.45, 7) is 4.75. The van der Waals surface area contributed by atoms with E-state index in [0.29, 0.717) is 10.9 Å². The van der Waals surface area contributed by atoms with Crippen LogP contribution in [0.15, 0.2) is 42.5 Å². The molecule has 0 bridgehead atoms. The zero-order chi connectivity index (χ0) is 19.5. The first-order valence-corrected chi connectivity index (χ1v) is 11.4. The molecule has 0 spiro atoms. The van der Waals surface area contributed by atoms with Gasteiger partial charge in [-0.25, -0.2) is 0 Å². The molecule has 0 aromatic heterocycles. The van der Waals surface area contributed by atoms with Crippen LogP contribution in [0.3, 0.4) is 0 Å². The fourth-order valence-electron chi connectivity index (χ4n) is 4.72. The predicted octanol–water partition coefficient (Wildman–Crippen LogP) is 7.09. The quantitative estimate of drug-likeness (QED) is 0.503. The largest absolute Gasteiger partial charge is 0.364 e. The van der Waals surface area contributed by atoms with Gasteiger partial charge in [0.25, 0.3) is 0 Å². The van der Waals surface area contributed by atoms with Crippen LogP contribution in [0, 0.1) is 5.92 Å². The second kappa shape index (κ2) is 9.26. The Labute approximate surface area is 183 Å². The summed E-state index contributed by atoms with van der Waals surface area (Å²) in [7, 11) is 0. The number of nitrogens with zero attached hydrogens (tertiary/aromatic N) is 2. The summed E-state index contributed by atoms with van der Waals surface area (Å²) in [5.41, 5.74) is 2.38. The van der Waals surface area contributed by atoms with Crippen LogP contribution in [-0.4, -0.2) is 31.1 Å². The maximum Gasteiger partial charge on any atom is 0.0557 e. The second-order valence-corrected chi connectivity index (χ2v) is 9.40. The van der Waals surface area contributed by atoms with Gasteiger partial charge in [0.2, 0.25) is 0 Å². The summed E-state index contributed by atoms with van der Waals surface area (Å²) < 4.78 is 0. The molecule has 0 aliphatic carbocycles. The maximum atomic E-state index is 6.59. The van der Waals surface area contributed by atoms with Crippen LogP contribution in [0.25, 0.3) is 0 Å². The number of piperidine rings is 2. The van der Waals surface area contributed by atoms with Crippen LogP contribution >= 0.6 is 34.8 Å². The fraction of sp³-hybridized carbons (Fsp3) is 0.478. The average molecular weight is 438 g/mol. The first-order chi connectivity index (χ1) is 13.6. The van der Waals surface area contributed by atoms with E-state index in [0.717, 1.165) is 28.6 Å². The van der Waals surface area contributed by atoms with E-state index in [2.05, 4.69) is 28.0 Å². The van der Waals surface area contributed by atoms with Gasteiger partial charge in [-0.05, 0) is 86.7 Å². The predicted molar refractivity (Wildman–Crippen MR) is 121 cm³/mol. The lowest BCUT2D eigenvalue weighted by Gasteiger charge is -2.43. The van der Waals surface area contributed by atoms with Gasteiger partial charge in [0.15, 0.2) is 0 Å². The van der Waals surface area contributed by atoms with Gasteiger partial charge in [0.1, 0.15) is 0 Å². The highest BCUT2D eigenvalue weighted by Gasteiger charge is 2.32. The van der Waals surface area contributed by atoms with E-state index < -0.39 is 0 Å². The molecule has 0 saturated carbocycles. The van der Waals surface area contributed by atoms with Gasteiger partial charge >= 0.3 is 0 Å². The number of hydrogen-bond acceptors (Lipinski definition) is 2. The molecule has 0 N–H and O–H groups in total. The van der Waals surface area contributed by atoms with E-state index in [1.807, 2.05) is 24.3 Å². The number of rotatable bonds is 4. The smallest absolute Gasteiger partial charge is 0.0557 e. The molecule has 2 fully saturated rings. The van der Waals surface area contributed by atoms with Gasteiger partial charge in [0, 0.05) is 33.8 Å². The molecule has 2 aromatic rings. The normalized spacial score (nSPS) is 23.8. The molecule has 2 aromatic carbocycles. The molecule has 2 nitrogen and oxygen atoms in total. The average Bonchev–Trinajstić information content (AvgIpc) is 2.70. The molecule has 28 heavy (non-hydrogen) atoms. The Hall–Kier alpha value is -0.930. The molecular weight excluding hydrogens is 411 g/mol. The van der Waals surface area contributed by atoms with Crippen LogP contribution in [0.1, 0.15) is 43.7 Å². The third-order valence-electron chi connectivity index (χ3n) is 6.12. The minimum Gasteiger partial charge on any atom is -0.364 e. The van der Waals surface area contributed by atoms with E-state index in [1.165, 1.54) is 51.0 Å². The molecule has 2 saturated heterocycles. The van der Waals surface area contributed by atoms with Crippen molar-refractivity contribution in [3.05, 3.63) is 63.1 Å². The summed E-state index contributed by atoms with van der Waals surface area (Å²) in [5, 5.41) is 2.21. The molecule has 5 heteroatoms. The Balaban J connectivity index is 1.58. The van der Waals surface area contributed by atoms with Crippen molar-refractivity contribution < 1.29 is 0 Å². The summed E-state index contributed by atoms with van der Waals surface area (Å²) in [5.74, 6) is 0.677. The maximum absolute atomic E-state index is 6.59. The third-order valence-corrected chi connectivity index (χ3v) is 6.94. The van der Waals surface area contributed by atoms with E-state index in [-0.39, 0.29) is 6.04 Å². The summed E-state index contributed by atoms with van der Waals surface area (Å²) in [4.78, 5) is 5.17. The minimum absolute atomic E-state index is 0.267. The molecule has 150 valence electrons. The summed E-state index contributed by atoms with van der Waals surface area (Å²) in [6.07, 6.45) is 6.40. The lowest BCUT2D eigenvalue weighted by molar-refractivity contribution is 0.179. The SMILES string of the molecule is Clc1ccc(N2C[C@H](CN3CCCCC3)CC[C@H]2c2ccc(Cl)cc2Cl)cc1.